The summed E-state index contributed by atoms with van der Waals surface area (Å²) < 4.78 is 40.9. The fraction of sp³-hybridized carbons (Fsp3) is 0.625. The average molecular weight is 347 g/mol. The van der Waals surface area contributed by atoms with Crippen molar-refractivity contribution in [3.8, 4) is 5.75 Å². The number of nitrogens with one attached hydrogen (secondary N) is 1. The molecule has 0 saturated carbocycles. The Morgan fingerprint density at radius 2 is 1.78 bits per heavy atom. The van der Waals surface area contributed by atoms with Gasteiger partial charge in [-0.3, -0.25) is 0 Å². The third-order valence-corrected chi connectivity index (χ3v) is 4.91. The van der Waals surface area contributed by atoms with Gasteiger partial charge in [0.25, 0.3) is 0 Å². The maximum Gasteiger partial charge on any atom is 0.118 e. The van der Waals surface area contributed by atoms with E-state index in [1.54, 1.807) is 14.2 Å². The first-order chi connectivity index (χ1) is 10.4. The van der Waals surface area contributed by atoms with E-state index < -0.39 is 15.2 Å². The highest BCUT2D eigenvalue weighted by molar-refractivity contribution is 8.09. The molecule has 0 amide bonds. The smallest absolute Gasteiger partial charge is 0.118 e. The van der Waals surface area contributed by atoms with E-state index in [4.69, 9.17) is 9.47 Å². The van der Waals surface area contributed by atoms with Crippen molar-refractivity contribution in [2.24, 2.45) is 0 Å². The molecule has 1 aromatic rings. The molecular formula is C16H29NO5S. The van der Waals surface area contributed by atoms with E-state index in [-0.39, 0.29) is 11.9 Å². The highest BCUT2D eigenvalue weighted by Gasteiger charge is 2.31. The number of methoxy groups -OCH3 is 2. The molecule has 0 aliphatic rings. The van der Waals surface area contributed by atoms with Gasteiger partial charge in [-0.1, -0.05) is 12.1 Å². The molecule has 1 atom stereocenters. The predicted molar refractivity (Wildman–Crippen MR) is 93.6 cm³/mol. The molecule has 0 aliphatic heterocycles. The van der Waals surface area contributed by atoms with Gasteiger partial charge in [0, 0.05) is 24.7 Å². The maximum absolute atomic E-state index is 11.4. The summed E-state index contributed by atoms with van der Waals surface area (Å²) in [6.07, 6.45) is 1.16. The number of hydrogen-bond donors (Lipinski definition) is 3. The quantitative estimate of drug-likeness (QED) is 0.595. The Bertz CT molecular complexity index is 553. The zero-order chi connectivity index (χ0) is 17.8. The molecule has 134 valence electrons. The van der Waals surface area contributed by atoms with Crippen LogP contribution in [0.1, 0.15) is 31.9 Å². The van der Waals surface area contributed by atoms with Crippen LogP contribution >= 0.6 is 0 Å². The Morgan fingerprint density at radius 3 is 2.22 bits per heavy atom. The molecule has 1 rings (SSSR count). The van der Waals surface area contributed by atoms with E-state index in [1.807, 2.05) is 38.1 Å². The summed E-state index contributed by atoms with van der Waals surface area (Å²) in [5, 5.41) is 3.33. The first-order valence-electron chi connectivity index (χ1n) is 7.49. The van der Waals surface area contributed by atoms with Crippen LogP contribution in [0.5, 0.6) is 5.75 Å². The fourth-order valence-corrected chi connectivity index (χ4v) is 3.34. The van der Waals surface area contributed by atoms with Crippen molar-refractivity contribution >= 4 is 9.63 Å². The van der Waals surface area contributed by atoms with Crippen molar-refractivity contribution in [1.29, 1.82) is 0 Å². The largest absolute Gasteiger partial charge is 0.497 e. The van der Waals surface area contributed by atoms with Gasteiger partial charge in [0.1, 0.15) is 5.75 Å². The summed E-state index contributed by atoms with van der Waals surface area (Å²) in [5.41, 5.74) is 0.617. The molecule has 7 heteroatoms. The van der Waals surface area contributed by atoms with Crippen molar-refractivity contribution in [2.75, 3.05) is 32.8 Å². The summed E-state index contributed by atoms with van der Waals surface area (Å²) in [6.45, 7) is 4.50. The molecule has 0 bridgehead atoms. The molecular weight excluding hydrogens is 318 g/mol. The van der Waals surface area contributed by atoms with Gasteiger partial charge in [0.05, 0.1) is 22.8 Å². The van der Waals surface area contributed by atoms with Crippen LogP contribution < -0.4 is 10.1 Å². The van der Waals surface area contributed by atoms with Gasteiger partial charge in [-0.25, -0.2) is 4.21 Å². The van der Waals surface area contributed by atoms with E-state index in [0.29, 0.717) is 13.0 Å². The average Bonchev–Trinajstić information content (AvgIpc) is 2.43. The standard InChI is InChI=1S/C16H29NO5S/c1-16(2,17-11-6-12-23(5,18,19)20)15(22-4)13-7-9-14(21-3)10-8-13/h7-10,15,17H,6,11-12H2,1-5H3,(H2,18,19,20). The minimum absolute atomic E-state index is 0.152. The highest BCUT2D eigenvalue weighted by Crippen LogP contribution is 2.30. The van der Waals surface area contributed by atoms with Crippen LogP contribution in [0, 0.1) is 0 Å². The minimum atomic E-state index is -4.42. The molecule has 3 N–H and O–H groups in total. The lowest BCUT2D eigenvalue weighted by Gasteiger charge is -2.35. The van der Waals surface area contributed by atoms with Gasteiger partial charge in [-0.15, -0.1) is 0 Å². The van der Waals surface area contributed by atoms with Crippen LogP contribution in [-0.2, 0) is 14.4 Å². The lowest BCUT2D eigenvalue weighted by molar-refractivity contribution is 0.0314. The van der Waals surface area contributed by atoms with E-state index >= 15 is 0 Å². The summed E-state index contributed by atoms with van der Waals surface area (Å²) in [7, 11) is -1.15. The van der Waals surface area contributed by atoms with Crippen LogP contribution in [0.2, 0.25) is 0 Å². The number of benzene rings is 1. The molecule has 6 nitrogen and oxygen atoms in total. The molecule has 23 heavy (non-hydrogen) atoms. The number of rotatable bonds is 9. The first kappa shape index (κ1) is 20.1. The Labute approximate surface area is 138 Å². The summed E-state index contributed by atoms with van der Waals surface area (Å²) >= 11 is 0. The van der Waals surface area contributed by atoms with E-state index in [9.17, 15) is 13.3 Å². The zero-order valence-electron chi connectivity index (χ0n) is 14.5. The molecule has 0 radical (unpaired) electrons. The van der Waals surface area contributed by atoms with Gasteiger partial charge in [0.2, 0.25) is 0 Å². The predicted octanol–water partition coefficient (Wildman–Crippen LogP) is 2.54. The van der Waals surface area contributed by atoms with Gasteiger partial charge in [-0.05, 0) is 44.5 Å². The number of ether oxygens (including phenoxy) is 2. The maximum atomic E-state index is 11.4. The Balaban J connectivity index is 2.69. The van der Waals surface area contributed by atoms with Crippen LogP contribution in [0.25, 0.3) is 0 Å². The topological polar surface area (TPSA) is 88.0 Å². The molecule has 0 saturated heterocycles. The van der Waals surface area contributed by atoms with Crippen LogP contribution in [0.4, 0.5) is 0 Å². The minimum Gasteiger partial charge on any atom is -0.497 e. The second kappa shape index (κ2) is 7.27. The van der Waals surface area contributed by atoms with Crippen LogP contribution in [-0.4, -0.2) is 51.6 Å². The van der Waals surface area contributed by atoms with Gasteiger partial charge < -0.3 is 23.9 Å². The van der Waals surface area contributed by atoms with Crippen molar-refractivity contribution in [2.45, 2.75) is 31.9 Å². The van der Waals surface area contributed by atoms with Crippen molar-refractivity contribution in [3.05, 3.63) is 29.8 Å². The Morgan fingerprint density at radius 1 is 1.22 bits per heavy atom. The van der Waals surface area contributed by atoms with Gasteiger partial charge >= 0.3 is 0 Å². The van der Waals surface area contributed by atoms with Gasteiger partial charge in [0.15, 0.2) is 0 Å². The monoisotopic (exact) mass is 347 g/mol. The lowest BCUT2D eigenvalue weighted by atomic mass is 9.91. The second-order valence-electron chi connectivity index (χ2n) is 6.52. The molecule has 1 unspecified atom stereocenters. The third-order valence-electron chi connectivity index (χ3n) is 3.68. The van der Waals surface area contributed by atoms with Gasteiger partial charge in [-0.2, -0.15) is 0 Å². The normalized spacial score (nSPS) is 15.7. The SMILES string of the molecule is COc1ccc(C(OC)C(C)(C)NCCCS(C)(=O)(O)O)cc1. The van der Waals surface area contributed by atoms with Crippen LogP contribution in [0.15, 0.2) is 24.3 Å². The molecule has 1 aromatic carbocycles. The fourth-order valence-electron chi connectivity index (χ4n) is 2.53. The van der Waals surface area contributed by atoms with E-state index in [0.717, 1.165) is 17.6 Å². The zero-order valence-corrected chi connectivity index (χ0v) is 15.4. The lowest BCUT2D eigenvalue weighted by Crippen LogP contribution is -2.46. The van der Waals surface area contributed by atoms with E-state index in [2.05, 4.69) is 5.32 Å². The Kier molecular flexibility index (Phi) is 6.34. The molecule has 0 fully saturated rings. The van der Waals surface area contributed by atoms with Crippen molar-refractivity contribution in [3.63, 3.8) is 0 Å². The summed E-state index contributed by atoms with van der Waals surface area (Å²) in [4.78, 5) is 0. The second-order valence-corrected chi connectivity index (χ2v) is 9.79. The highest BCUT2D eigenvalue weighted by atomic mass is 32.3. The van der Waals surface area contributed by atoms with Crippen molar-refractivity contribution < 1.29 is 22.8 Å². The number of hydrogen-bond acceptors (Lipinski definition) is 4. The molecule has 0 aromatic heterocycles. The third kappa shape index (κ3) is 6.97. The molecule has 0 spiro atoms. The summed E-state index contributed by atoms with van der Waals surface area (Å²) in [6, 6.07) is 7.66. The van der Waals surface area contributed by atoms with Crippen molar-refractivity contribution in [1.82, 2.24) is 5.32 Å². The summed E-state index contributed by atoms with van der Waals surface area (Å²) in [5.74, 6) is 0.629. The molecule has 0 aliphatic carbocycles. The molecule has 0 heterocycles. The first-order valence-corrected chi connectivity index (χ1v) is 9.94. The van der Waals surface area contributed by atoms with E-state index in [1.165, 1.54) is 0 Å². The van der Waals surface area contributed by atoms with Crippen LogP contribution in [0.3, 0.4) is 0 Å². The Hall–Kier alpha value is -0.990.